The largest absolute Gasteiger partial charge is 0.379 e. The predicted octanol–water partition coefficient (Wildman–Crippen LogP) is 0.277. The van der Waals surface area contributed by atoms with Crippen LogP contribution in [0.1, 0.15) is 6.42 Å². The van der Waals surface area contributed by atoms with Gasteiger partial charge in [-0.2, -0.15) is 4.31 Å². The summed E-state index contributed by atoms with van der Waals surface area (Å²) in [6.45, 7) is 2.01. The SMILES string of the molecule is O=S1(=O)CCCN1CCOCCCl. The summed E-state index contributed by atoms with van der Waals surface area (Å²) in [5, 5.41) is 0. The van der Waals surface area contributed by atoms with E-state index in [9.17, 15) is 8.42 Å². The lowest BCUT2D eigenvalue weighted by Crippen LogP contribution is -2.29. The Morgan fingerprint density at radius 3 is 2.69 bits per heavy atom. The van der Waals surface area contributed by atoms with Gasteiger partial charge in [0.25, 0.3) is 0 Å². The highest BCUT2D eigenvalue weighted by molar-refractivity contribution is 7.89. The van der Waals surface area contributed by atoms with E-state index >= 15 is 0 Å². The first-order valence-electron chi connectivity index (χ1n) is 4.28. The topological polar surface area (TPSA) is 46.6 Å². The standard InChI is InChI=1S/C7H14ClNO3S/c8-2-5-12-6-4-9-3-1-7-13(9,10)11/h1-7H2. The molecule has 6 heteroatoms. The summed E-state index contributed by atoms with van der Waals surface area (Å²) in [4.78, 5) is 0. The number of nitrogens with zero attached hydrogens (tertiary/aromatic N) is 1. The maximum absolute atomic E-state index is 11.3. The number of alkyl halides is 1. The van der Waals surface area contributed by atoms with E-state index < -0.39 is 10.0 Å². The van der Waals surface area contributed by atoms with Crippen molar-refractivity contribution in [2.75, 3.05) is 37.9 Å². The summed E-state index contributed by atoms with van der Waals surface area (Å²) in [6, 6.07) is 0. The van der Waals surface area contributed by atoms with Crippen LogP contribution in [-0.2, 0) is 14.8 Å². The fourth-order valence-corrected chi connectivity index (χ4v) is 2.89. The number of hydrogen-bond donors (Lipinski definition) is 0. The highest BCUT2D eigenvalue weighted by Crippen LogP contribution is 2.11. The Bertz CT molecular complexity index is 242. The van der Waals surface area contributed by atoms with Crippen LogP contribution in [0.3, 0.4) is 0 Å². The zero-order valence-corrected chi connectivity index (χ0v) is 8.98. The molecule has 0 aliphatic carbocycles. The number of hydrogen-bond acceptors (Lipinski definition) is 3. The Balaban J connectivity index is 2.22. The Kier molecular flexibility index (Phi) is 4.45. The highest BCUT2D eigenvalue weighted by Gasteiger charge is 2.27. The quantitative estimate of drug-likeness (QED) is 0.501. The van der Waals surface area contributed by atoms with Crippen molar-refractivity contribution in [3.8, 4) is 0 Å². The lowest BCUT2D eigenvalue weighted by Gasteiger charge is -2.13. The van der Waals surface area contributed by atoms with Gasteiger partial charge < -0.3 is 4.74 Å². The van der Waals surface area contributed by atoms with Gasteiger partial charge in [-0.3, -0.25) is 0 Å². The van der Waals surface area contributed by atoms with Gasteiger partial charge >= 0.3 is 0 Å². The first-order chi connectivity index (χ1) is 6.17. The molecule has 0 amide bonds. The Hall–Kier alpha value is 0.160. The van der Waals surface area contributed by atoms with Crippen LogP contribution < -0.4 is 0 Å². The molecule has 1 aliphatic heterocycles. The van der Waals surface area contributed by atoms with E-state index in [1.165, 1.54) is 4.31 Å². The zero-order chi connectivity index (χ0) is 9.73. The third-order valence-electron chi connectivity index (χ3n) is 1.91. The fraction of sp³-hybridized carbons (Fsp3) is 1.00. The molecule has 78 valence electrons. The lowest BCUT2D eigenvalue weighted by atomic mass is 10.5. The second kappa shape index (κ2) is 5.14. The van der Waals surface area contributed by atoms with Gasteiger partial charge in [0.1, 0.15) is 0 Å². The van der Waals surface area contributed by atoms with E-state index in [2.05, 4.69) is 0 Å². The van der Waals surface area contributed by atoms with Crippen molar-refractivity contribution >= 4 is 21.6 Å². The smallest absolute Gasteiger partial charge is 0.214 e. The van der Waals surface area contributed by atoms with Crippen LogP contribution in [0.25, 0.3) is 0 Å². The predicted molar refractivity (Wildman–Crippen MR) is 51.5 cm³/mol. The van der Waals surface area contributed by atoms with Crippen molar-refractivity contribution in [1.29, 1.82) is 0 Å². The zero-order valence-electron chi connectivity index (χ0n) is 7.41. The van der Waals surface area contributed by atoms with Crippen LogP contribution in [0.2, 0.25) is 0 Å². The number of rotatable bonds is 5. The first-order valence-corrected chi connectivity index (χ1v) is 6.43. The molecule has 1 rings (SSSR count). The van der Waals surface area contributed by atoms with Gasteiger partial charge in [0.15, 0.2) is 0 Å². The average Bonchev–Trinajstić information content (AvgIpc) is 2.40. The number of halogens is 1. The van der Waals surface area contributed by atoms with E-state index in [1.807, 2.05) is 0 Å². The van der Waals surface area contributed by atoms with Gasteiger partial charge in [0, 0.05) is 19.0 Å². The summed E-state index contributed by atoms with van der Waals surface area (Å²) >= 11 is 5.40. The van der Waals surface area contributed by atoms with Crippen LogP contribution in [-0.4, -0.2) is 50.7 Å². The van der Waals surface area contributed by atoms with Crippen molar-refractivity contribution in [3.05, 3.63) is 0 Å². The first kappa shape index (κ1) is 11.2. The third kappa shape index (κ3) is 3.42. The van der Waals surface area contributed by atoms with Crippen LogP contribution in [0.15, 0.2) is 0 Å². The molecule has 0 aromatic heterocycles. The molecule has 4 nitrogen and oxygen atoms in total. The van der Waals surface area contributed by atoms with E-state index in [0.717, 1.165) is 6.42 Å². The molecule has 0 saturated carbocycles. The molecule has 0 unspecified atom stereocenters. The molecule has 0 N–H and O–H groups in total. The van der Waals surface area contributed by atoms with E-state index in [4.69, 9.17) is 16.3 Å². The van der Waals surface area contributed by atoms with Gasteiger partial charge in [-0.1, -0.05) is 0 Å². The van der Waals surface area contributed by atoms with Crippen molar-refractivity contribution in [2.45, 2.75) is 6.42 Å². The number of ether oxygens (including phenoxy) is 1. The van der Waals surface area contributed by atoms with Crippen molar-refractivity contribution in [2.24, 2.45) is 0 Å². The van der Waals surface area contributed by atoms with Gasteiger partial charge in [0.2, 0.25) is 10.0 Å². The third-order valence-corrected chi connectivity index (χ3v) is 4.02. The fourth-order valence-electron chi connectivity index (χ4n) is 1.27. The molecule has 13 heavy (non-hydrogen) atoms. The van der Waals surface area contributed by atoms with E-state index in [0.29, 0.717) is 32.2 Å². The molecule has 0 bridgehead atoms. The Morgan fingerprint density at radius 2 is 2.15 bits per heavy atom. The van der Waals surface area contributed by atoms with Gasteiger partial charge in [0.05, 0.1) is 19.0 Å². The van der Waals surface area contributed by atoms with Crippen molar-refractivity contribution < 1.29 is 13.2 Å². The van der Waals surface area contributed by atoms with Gasteiger partial charge in [-0.15, -0.1) is 11.6 Å². The molecule has 1 fully saturated rings. The molecule has 0 atom stereocenters. The lowest BCUT2D eigenvalue weighted by molar-refractivity contribution is 0.138. The normalized spacial score (nSPS) is 22.2. The summed E-state index contributed by atoms with van der Waals surface area (Å²) in [5.41, 5.74) is 0. The minimum Gasteiger partial charge on any atom is -0.379 e. The Morgan fingerprint density at radius 1 is 1.38 bits per heavy atom. The molecular weight excluding hydrogens is 214 g/mol. The maximum atomic E-state index is 11.3. The molecule has 0 radical (unpaired) electrons. The molecule has 0 aromatic carbocycles. The molecule has 1 aliphatic rings. The average molecular weight is 228 g/mol. The van der Waals surface area contributed by atoms with Crippen LogP contribution >= 0.6 is 11.6 Å². The van der Waals surface area contributed by atoms with Crippen molar-refractivity contribution in [3.63, 3.8) is 0 Å². The molecule has 1 saturated heterocycles. The molecular formula is C7H14ClNO3S. The van der Waals surface area contributed by atoms with E-state index in [-0.39, 0.29) is 5.75 Å². The maximum Gasteiger partial charge on any atom is 0.214 e. The van der Waals surface area contributed by atoms with Crippen LogP contribution in [0.4, 0.5) is 0 Å². The molecule has 0 aromatic rings. The summed E-state index contributed by atoms with van der Waals surface area (Å²) in [5.74, 6) is 0.731. The van der Waals surface area contributed by atoms with E-state index in [1.54, 1.807) is 0 Å². The minimum absolute atomic E-state index is 0.280. The highest BCUT2D eigenvalue weighted by atomic mass is 35.5. The second-order valence-electron chi connectivity index (χ2n) is 2.87. The van der Waals surface area contributed by atoms with Crippen molar-refractivity contribution in [1.82, 2.24) is 4.31 Å². The Labute approximate surface area is 83.9 Å². The van der Waals surface area contributed by atoms with Crippen LogP contribution in [0, 0.1) is 0 Å². The monoisotopic (exact) mass is 227 g/mol. The summed E-state index contributed by atoms with van der Waals surface area (Å²) in [7, 11) is -2.95. The molecule has 0 spiro atoms. The van der Waals surface area contributed by atoms with Gasteiger partial charge in [-0.05, 0) is 6.42 Å². The second-order valence-corrected chi connectivity index (χ2v) is 5.34. The van der Waals surface area contributed by atoms with Gasteiger partial charge in [-0.25, -0.2) is 8.42 Å². The summed E-state index contributed by atoms with van der Waals surface area (Å²) in [6.07, 6.45) is 0.734. The minimum atomic E-state index is -2.95. The summed E-state index contributed by atoms with van der Waals surface area (Å²) < 4.78 is 29.1. The van der Waals surface area contributed by atoms with Crippen LogP contribution in [0.5, 0.6) is 0 Å². The number of sulfonamides is 1. The molecule has 1 heterocycles.